The monoisotopic (exact) mass is 379 g/mol. The van der Waals surface area contributed by atoms with Gasteiger partial charge in [0.25, 0.3) is 0 Å². The lowest BCUT2D eigenvalue weighted by Crippen LogP contribution is -2.21. The molecular formula is C18H17N7O3. The maximum absolute atomic E-state index is 12.1. The minimum atomic E-state index is -0.263. The van der Waals surface area contributed by atoms with Crippen molar-refractivity contribution in [3.05, 3.63) is 42.5 Å². The molecule has 0 atom stereocenters. The number of aromatic nitrogens is 4. The first-order chi connectivity index (χ1) is 13.6. The SMILES string of the molecule is COc1cccc(NC(=O)CNc2nnc(-c3ccc4[nH]nc(N)c4c3)o2)c1. The molecule has 4 aromatic rings. The lowest BCUT2D eigenvalue weighted by molar-refractivity contribution is -0.114. The van der Waals surface area contributed by atoms with Gasteiger partial charge in [-0.2, -0.15) is 5.10 Å². The molecule has 0 fully saturated rings. The van der Waals surface area contributed by atoms with Gasteiger partial charge in [-0.15, -0.1) is 5.10 Å². The van der Waals surface area contributed by atoms with E-state index in [-0.39, 0.29) is 18.5 Å². The molecule has 0 aliphatic heterocycles. The molecule has 1 amide bonds. The van der Waals surface area contributed by atoms with Crippen molar-refractivity contribution in [3.63, 3.8) is 0 Å². The van der Waals surface area contributed by atoms with Crippen LogP contribution in [0, 0.1) is 0 Å². The molecule has 0 radical (unpaired) electrons. The molecule has 0 saturated carbocycles. The predicted octanol–water partition coefficient (Wildman–Crippen LogP) is 2.25. The lowest BCUT2D eigenvalue weighted by atomic mass is 10.1. The second-order valence-corrected chi connectivity index (χ2v) is 5.92. The topological polar surface area (TPSA) is 144 Å². The molecule has 0 aliphatic rings. The third-order valence-electron chi connectivity index (χ3n) is 4.02. The number of fused-ring (bicyclic) bond motifs is 1. The van der Waals surface area contributed by atoms with Crippen molar-refractivity contribution in [2.24, 2.45) is 0 Å². The summed E-state index contributed by atoms with van der Waals surface area (Å²) in [6, 6.07) is 12.7. The highest BCUT2D eigenvalue weighted by Crippen LogP contribution is 2.26. The number of H-pyrrole nitrogens is 1. The summed E-state index contributed by atoms with van der Waals surface area (Å²) < 4.78 is 10.7. The number of rotatable bonds is 6. The fourth-order valence-electron chi connectivity index (χ4n) is 2.64. The Bertz CT molecular complexity index is 1140. The number of hydrogen-bond acceptors (Lipinski definition) is 8. The summed E-state index contributed by atoms with van der Waals surface area (Å²) in [5.74, 6) is 1.09. The van der Waals surface area contributed by atoms with Crippen molar-refractivity contribution < 1.29 is 13.9 Å². The molecule has 2 heterocycles. The highest BCUT2D eigenvalue weighted by atomic mass is 16.5. The number of benzene rings is 2. The molecule has 0 unspecified atom stereocenters. The van der Waals surface area contributed by atoms with Gasteiger partial charge in [0, 0.05) is 22.7 Å². The normalized spacial score (nSPS) is 10.8. The van der Waals surface area contributed by atoms with E-state index in [0.29, 0.717) is 28.7 Å². The standard InChI is InChI=1S/C18H17N7O3/c1-27-12-4-2-3-11(8-12)21-15(26)9-20-18-25-24-17(28-18)10-5-6-14-13(7-10)16(19)23-22-14/h2-8H,9H2,1H3,(H,20,25)(H,21,26)(H3,19,22,23). The van der Waals surface area contributed by atoms with Crippen LogP contribution < -0.4 is 21.1 Å². The second-order valence-electron chi connectivity index (χ2n) is 5.92. The number of nitrogens with one attached hydrogen (secondary N) is 3. The molecule has 0 aliphatic carbocycles. The van der Waals surface area contributed by atoms with Crippen LogP contribution in [0.5, 0.6) is 5.75 Å². The number of nitrogens with two attached hydrogens (primary N) is 1. The number of nitrogens with zero attached hydrogens (tertiary/aromatic N) is 3. The average molecular weight is 379 g/mol. The summed E-state index contributed by atoms with van der Waals surface area (Å²) in [7, 11) is 1.56. The maximum atomic E-state index is 12.1. The van der Waals surface area contributed by atoms with Crippen LogP contribution in [0.2, 0.25) is 0 Å². The molecule has 0 bridgehead atoms. The minimum Gasteiger partial charge on any atom is -0.497 e. The summed E-state index contributed by atoms with van der Waals surface area (Å²) in [5.41, 5.74) is 7.95. The molecule has 2 aromatic heterocycles. The Kier molecular flexibility index (Phi) is 4.50. The zero-order valence-corrected chi connectivity index (χ0v) is 14.9. The van der Waals surface area contributed by atoms with Crippen LogP contribution in [0.15, 0.2) is 46.9 Å². The van der Waals surface area contributed by atoms with E-state index in [2.05, 4.69) is 31.0 Å². The molecule has 2 aromatic carbocycles. The van der Waals surface area contributed by atoms with Crippen molar-refractivity contribution in [3.8, 4) is 17.2 Å². The van der Waals surface area contributed by atoms with E-state index in [1.54, 1.807) is 37.4 Å². The van der Waals surface area contributed by atoms with Crippen molar-refractivity contribution >= 4 is 34.3 Å². The number of aromatic amines is 1. The summed E-state index contributed by atoms with van der Waals surface area (Å²) in [5, 5.41) is 21.0. The number of anilines is 3. The van der Waals surface area contributed by atoms with Gasteiger partial charge in [0.1, 0.15) is 5.75 Å². The number of methoxy groups -OCH3 is 1. The van der Waals surface area contributed by atoms with Crippen LogP contribution in [-0.2, 0) is 4.79 Å². The first kappa shape index (κ1) is 17.3. The van der Waals surface area contributed by atoms with E-state index in [1.165, 1.54) is 0 Å². The zero-order valence-electron chi connectivity index (χ0n) is 14.9. The van der Waals surface area contributed by atoms with Gasteiger partial charge in [0.15, 0.2) is 5.82 Å². The van der Waals surface area contributed by atoms with Crippen molar-refractivity contribution in [1.29, 1.82) is 0 Å². The van der Waals surface area contributed by atoms with Crippen molar-refractivity contribution in [2.75, 3.05) is 30.0 Å². The minimum absolute atomic E-state index is 0.0352. The summed E-state index contributed by atoms with van der Waals surface area (Å²) in [6.07, 6.45) is 0. The third kappa shape index (κ3) is 3.56. The first-order valence-electron chi connectivity index (χ1n) is 8.37. The molecular weight excluding hydrogens is 362 g/mol. The van der Waals surface area contributed by atoms with Crippen LogP contribution in [0.4, 0.5) is 17.5 Å². The second kappa shape index (κ2) is 7.27. The Hall–Kier alpha value is -4.08. The quantitative estimate of drug-likeness (QED) is 0.399. The molecule has 10 nitrogen and oxygen atoms in total. The van der Waals surface area contributed by atoms with Gasteiger partial charge in [-0.1, -0.05) is 11.2 Å². The van der Waals surface area contributed by atoms with Crippen LogP contribution in [0.1, 0.15) is 0 Å². The van der Waals surface area contributed by atoms with Gasteiger partial charge < -0.3 is 25.5 Å². The van der Waals surface area contributed by atoms with Crippen molar-refractivity contribution in [1.82, 2.24) is 20.4 Å². The summed E-state index contributed by atoms with van der Waals surface area (Å²) in [4.78, 5) is 12.1. The van der Waals surface area contributed by atoms with Crippen LogP contribution in [0.25, 0.3) is 22.4 Å². The zero-order chi connectivity index (χ0) is 19.5. The highest BCUT2D eigenvalue weighted by molar-refractivity contribution is 5.94. The van der Waals surface area contributed by atoms with E-state index in [1.807, 2.05) is 12.1 Å². The predicted molar refractivity (Wildman–Crippen MR) is 104 cm³/mol. The molecule has 0 saturated heterocycles. The fraction of sp³-hybridized carbons (Fsp3) is 0.111. The number of ether oxygens (including phenoxy) is 1. The Labute approximate surface area is 159 Å². The Morgan fingerprint density at radius 1 is 1.25 bits per heavy atom. The van der Waals surface area contributed by atoms with E-state index >= 15 is 0 Å². The highest BCUT2D eigenvalue weighted by Gasteiger charge is 2.12. The maximum Gasteiger partial charge on any atom is 0.316 e. The molecule has 28 heavy (non-hydrogen) atoms. The fourth-order valence-corrected chi connectivity index (χ4v) is 2.64. The molecule has 142 valence electrons. The van der Waals surface area contributed by atoms with Gasteiger partial charge >= 0.3 is 6.01 Å². The molecule has 0 spiro atoms. The Morgan fingerprint density at radius 3 is 3.00 bits per heavy atom. The largest absolute Gasteiger partial charge is 0.497 e. The summed E-state index contributed by atoms with van der Waals surface area (Å²) in [6.45, 7) is -0.0352. The lowest BCUT2D eigenvalue weighted by Gasteiger charge is -2.06. The van der Waals surface area contributed by atoms with Crippen LogP contribution in [-0.4, -0.2) is 40.0 Å². The summed E-state index contributed by atoms with van der Waals surface area (Å²) >= 11 is 0. The van der Waals surface area contributed by atoms with Gasteiger partial charge in [-0.25, -0.2) is 0 Å². The Balaban J connectivity index is 1.40. The van der Waals surface area contributed by atoms with Crippen LogP contribution in [0.3, 0.4) is 0 Å². The van der Waals surface area contributed by atoms with Gasteiger partial charge in [-0.05, 0) is 30.3 Å². The van der Waals surface area contributed by atoms with Gasteiger partial charge in [0.05, 0.1) is 19.2 Å². The number of amides is 1. The number of carbonyl (C=O) groups excluding carboxylic acids is 1. The van der Waals surface area contributed by atoms with E-state index < -0.39 is 0 Å². The van der Waals surface area contributed by atoms with E-state index in [4.69, 9.17) is 14.9 Å². The van der Waals surface area contributed by atoms with Gasteiger partial charge in [0.2, 0.25) is 11.8 Å². The number of hydrogen-bond donors (Lipinski definition) is 4. The molecule has 5 N–H and O–H groups in total. The third-order valence-corrected chi connectivity index (χ3v) is 4.02. The molecule has 10 heteroatoms. The van der Waals surface area contributed by atoms with E-state index in [0.717, 1.165) is 10.9 Å². The Morgan fingerprint density at radius 2 is 2.14 bits per heavy atom. The van der Waals surface area contributed by atoms with Gasteiger partial charge in [-0.3, -0.25) is 9.89 Å². The van der Waals surface area contributed by atoms with Crippen LogP contribution >= 0.6 is 0 Å². The smallest absolute Gasteiger partial charge is 0.316 e. The number of nitrogen functional groups attached to an aromatic ring is 1. The first-order valence-corrected chi connectivity index (χ1v) is 8.37. The van der Waals surface area contributed by atoms with E-state index in [9.17, 15) is 4.79 Å². The van der Waals surface area contributed by atoms with Crippen molar-refractivity contribution in [2.45, 2.75) is 0 Å². The number of carbonyl (C=O) groups is 1. The average Bonchev–Trinajstić information content (AvgIpc) is 3.33. The molecule has 4 rings (SSSR count).